The molecule has 0 radical (unpaired) electrons. The summed E-state index contributed by atoms with van der Waals surface area (Å²) in [5.74, 6) is 0.977. The van der Waals surface area contributed by atoms with Gasteiger partial charge in [0.2, 0.25) is 0 Å². The van der Waals surface area contributed by atoms with Gasteiger partial charge in [-0.2, -0.15) is 0 Å². The van der Waals surface area contributed by atoms with Crippen LogP contribution in [-0.4, -0.2) is 42.8 Å². The van der Waals surface area contributed by atoms with Crippen LogP contribution >= 0.6 is 0 Å². The topological polar surface area (TPSA) is 84.9 Å². The quantitative estimate of drug-likeness (QED) is 0.691. The van der Waals surface area contributed by atoms with Gasteiger partial charge in [-0.1, -0.05) is 26.0 Å². The Kier molecular flexibility index (Phi) is 8.10. The Labute approximate surface area is 161 Å². The molecule has 2 rings (SSSR count). The molecule has 1 aliphatic rings. The minimum atomic E-state index is -0.989. The number of benzene rings is 1. The number of rotatable bonds is 9. The second-order valence-electron chi connectivity index (χ2n) is 7.62. The van der Waals surface area contributed by atoms with Crippen LogP contribution in [0.5, 0.6) is 5.75 Å². The molecule has 1 fully saturated rings. The summed E-state index contributed by atoms with van der Waals surface area (Å²) in [7, 11) is 1.38. The fourth-order valence-electron chi connectivity index (χ4n) is 3.56. The van der Waals surface area contributed by atoms with E-state index < -0.39 is 12.1 Å². The summed E-state index contributed by atoms with van der Waals surface area (Å²) in [6, 6.07) is 7.31. The number of nitrogens with one attached hydrogen (secondary N) is 1. The molecule has 2 N–H and O–H groups in total. The zero-order chi connectivity index (χ0) is 19.8. The molecule has 0 aromatic heterocycles. The zero-order valence-electron chi connectivity index (χ0n) is 16.4. The number of carbonyl (C=O) groups excluding carboxylic acids is 1. The maximum atomic E-state index is 12.1. The molecule has 1 aromatic carbocycles. The van der Waals surface area contributed by atoms with E-state index in [9.17, 15) is 9.59 Å². The van der Waals surface area contributed by atoms with Crippen molar-refractivity contribution in [1.82, 2.24) is 5.32 Å². The summed E-state index contributed by atoms with van der Waals surface area (Å²) in [6.07, 6.45) is 3.83. The van der Waals surface area contributed by atoms with Crippen molar-refractivity contribution in [2.45, 2.75) is 58.1 Å². The molecule has 0 aliphatic heterocycles. The van der Waals surface area contributed by atoms with Crippen molar-refractivity contribution in [1.29, 1.82) is 0 Å². The van der Waals surface area contributed by atoms with E-state index in [-0.39, 0.29) is 25.0 Å². The highest BCUT2D eigenvalue weighted by Crippen LogP contribution is 2.29. The van der Waals surface area contributed by atoms with Gasteiger partial charge < -0.3 is 19.9 Å². The van der Waals surface area contributed by atoms with Crippen LogP contribution < -0.4 is 10.1 Å². The number of carbonyl (C=O) groups is 2. The molecule has 1 atom stereocenters. The highest BCUT2D eigenvalue weighted by Gasteiger charge is 2.24. The number of hydrogen-bond donors (Lipinski definition) is 2. The van der Waals surface area contributed by atoms with Crippen molar-refractivity contribution in [3.63, 3.8) is 0 Å². The Hall–Kier alpha value is -2.08. The summed E-state index contributed by atoms with van der Waals surface area (Å²) >= 11 is 0. The van der Waals surface area contributed by atoms with Gasteiger partial charge in [0.25, 0.3) is 5.91 Å². The van der Waals surface area contributed by atoms with Gasteiger partial charge >= 0.3 is 5.97 Å². The highest BCUT2D eigenvalue weighted by molar-refractivity contribution is 5.77. The zero-order valence-corrected chi connectivity index (χ0v) is 16.4. The van der Waals surface area contributed by atoms with E-state index in [4.69, 9.17) is 14.6 Å². The smallest absolute Gasteiger partial charge is 0.333 e. The SMILES string of the molecule is CO[C@@H](Cc1ccc(OCC(=O)NC2CCC(C(C)C)CC2)cc1)C(=O)O. The van der Waals surface area contributed by atoms with E-state index >= 15 is 0 Å². The molecule has 0 unspecified atom stereocenters. The summed E-state index contributed by atoms with van der Waals surface area (Å²) in [6.45, 7) is 4.51. The van der Waals surface area contributed by atoms with Gasteiger partial charge in [0, 0.05) is 19.6 Å². The molecule has 6 nitrogen and oxygen atoms in total. The molecule has 150 valence electrons. The Morgan fingerprint density at radius 3 is 2.30 bits per heavy atom. The predicted molar refractivity (Wildman–Crippen MR) is 103 cm³/mol. The van der Waals surface area contributed by atoms with Crippen LogP contribution in [-0.2, 0) is 20.7 Å². The van der Waals surface area contributed by atoms with Crippen molar-refractivity contribution >= 4 is 11.9 Å². The largest absolute Gasteiger partial charge is 0.484 e. The molecule has 1 amide bonds. The summed E-state index contributed by atoms with van der Waals surface area (Å²) < 4.78 is 10.5. The lowest BCUT2D eigenvalue weighted by atomic mass is 9.80. The number of aliphatic carboxylic acids is 1. The first kappa shape index (κ1) is 21.2. The molecule has 0 saturated heterocycles. The number of methoxy groups -OCH3 is 1. The molecule has 0 spiro atoms. The molecule has 1 aliphatic carbocycles. The average Bonchev–Trinajstić information content (AvgIpc) is 2.65. The molecular weight excluding hydrogens is 346 g/mol. The first-order chi connectivity index (χ1) is 12.9. The third-order valence-corrected chi connectivity index (χ3v) is 5.35. The number of hydrogen-bond acceptors (Lipinski definition) is 4. The van der Waals surface area contributed by atoms with E-state index in [2.05, 4.69) is 19.2 Å². The van der Waals surface area contributed by atoms with Crippen LogP contribution in [0.25, 0.3) is 0 Å². The first-order valence-corrected chi connectivity index (χ1v) is 9.65. The minimum Gasteiger partial charge on any atom is -0.484 e. The van der Waals surface area contributed by atoms with Crippen LogP contribution in [0.2, 0.25) is 0 Å². The predicted octanol–water partition coefficient (Wildman–Crippen LogP) is 3.04. The second-order valence-corrected chi connectivity index (χ2v) is 7.62. The minimum absolute atomic E-state index is 0.0146. The molecule has 1 aromatic rings. The average molecular weight is 377 g/mol. The van der Waals surface area contributed by atoms with Gasteiger partial charge in [-0.3, -0.25) is 4.79 Å². The molecule has 0 bridgehead atoms. The van der Waals surface area contributed by atoms with Crippen molar-refractivity contribution in [3.05, 3.63) is 29.8 Å². The molecular formula is C21H31NO5. The van der Waals surface area contributed by atoms with Gasteiger partial charge in [0.1, 0.15) is 5.75 Å². The Morgan fingerprint density at radius 1 is 1.15 bits per heavy atom. The number of amides is 1. The Morgan fingerprint density at radius 2 is 1.78 bits per heavy atom. The van der Waals surface area contributed by atoms with Crippen LogP contribution in [0, 0.1) is 11.8 Å². The van der Waals surface area contributed by atoms with Crippen molar-refractivity contribution in [2.24, 2.45) is 11.8 Å². The van der Waals surface area contributed by atoms with Crippen LogP contribution in [0.4, 0.5) is 0 Å². The van der Waals surface area contributed by atoms with Crippen molar-refractivity contribution in [2.75, 3.05) is 13.7 Å². The lowest BCUT2D eigenvalue weighted by Gasteiger charge is -2.31. The Bertz CT molecular complexity index is 606. The summed E-state index contributed by atoms with van der Waals surface area (Å²) in [4.78, 5) is 23.1. The van der Waals surface area contributed by atoms with E-state index in [1.807, 2.05) is 0 Å². The first-order valence-electron chi connectivity index (χ1n) is 9.65. The summed E-state index contributed by atoms with van der Waals surface area (Å²) in [5.41, 5.74) is 0.836. The van der Waals surface area contributed by atoms with Crippen molar-refractivity contribution in [3.8, 4) is 5.75 Å². The monoisotopic (exact) mass is 377 g/mol. The normalized spacial score (nSPS) is 20.9. The lowest BCUT2D eigenvalue weighted by molar-refractivity contribution is -0.148. The van der Waals surface area contributed by atoms with Crippen LogP contribution in [0.15, 0.2) is 24.3 Å². The van der Waals surface area contributed by atoms with Crippen molar-refractivity contribution < 1.29 is 24.2 Å². The fourth-order valence-corrected chi connectivity index (χ4v) is 3.56. The fraction of sp³-hybridized carbons (Fsp3) is 0.619. The maximum absolute atomic E-state index is 12.1. The van der Waals surface area contributed by atoms with Gasteiger partial charge in [-0.25, -0.2) is 4.79 Å². The highest BCUT2D eigenvalue weighted by atomic mass is 16.5. The van der Waals surface area contributed by atoms with Gasteiger partial charge in [-0.05, 0) is 55.2 Å². The molecule has 0 heterocycles. The third kappa shape index (κ3) is 6.86. The second kappa shape index (κ2) is 10.3. The number of ether oxygens (including phenoxy) is 2. The van der Waals surface area contributed by atoms with Crippen LogP contribution in [0.1, 0.15) is 45.1 Å². The van der Waals surface area contributed by atoms with Gasteiger partial charge in [-0.15, -0.1) is 0 Å². The number of carboxylic acid groups (broad SMARTS) is 1. The van der Waals surface area contributed by atoms with E-state index in [0.717, 1.165) is 24.3 Å². The maximum Gasteiger partial charge on any atom is 0.333 e. The Balaban J connectivity index is 1.73. The standard InChI is InChI=1S/C21H31NO5/c1-14(2)16-6-8-17(9-7-16)22-20(23)13-27-18-10-4-15(5-11-18)12-19(26-3)21(24)25/h4-5,10-11,14,16-17,19H,6-9,12-13H2,1-3H3,(H,22,23)(H,24,25)/t16?,17?,19-/m0/s1. The van der Waals surface area contributed by atoms with E-state index in [1.54, 1.807) is 24.3 Å². The van der Waals surface area contributed by atoms with Crippen LogP contribution in [0.3, 0.4) is 0 Å². The van der Waals surface area contributed by atoms with E-state index in [0.29, 0.717) is 11.7 Å². The lowest BCUT2D eigenvalue weighted by Crippen LogP contribution is -2.40. The molecule has 1 saturated carbocycles. The molecule has 27 heavy (non-hydrogen) atoms. The molecule has 6 heteroatoms. The van der Waals surface area contributed by atoms with E-state index in [1.165, 1.54) is 20.0 Å². The third-order valence-electron chi connectivity index (χ3n) is 5.35. The van der Waals surface area contributed by atoms with Gasteiger partial charge in [0.15, 0.2) is 12.7 Å². The van der Waals surface area contributed by atoms with Gasteiger partial charge in [0.05, 0.1) is 0 Å². The summed E-state index contributed by atoms with van der Waals surface area (Å²) in [5, 5.41) is 12.1. The number of carboxylic acids is 1.